The number of thiocarbonyl (C=S) groups is 1. The van der Waals surface area contributed by atoms with E-state index < -0.39 is 11.8 Å². The molecule has 0 radical (unpaired) electrons. The molecule has 33 heavy (non-hydrogen) atoms. The zero-order valence-electron chi connectivity index (χ0n) is 17.2. The number of rotatable bonds is 7. The number of ether oxygens (including phenoxy) is 2. The van der Waals surface area contributed by atoms with E-state index in [0.29, 0.717) is 32.4 Å². The fraction of sp³-hybridized carbons (Fsp3) is 0.0870. The highest BCUT2D eigenvalue weighted by molar-refractivity contribution is 8.26. The Balaban J connectivity index is 1.48. The highest BCUT2D eigenvalue weighted by Crippen LogP contribution is 2.34. The van der Waals surface area contributed by atoms with Gasteiger partial charge in [0, 0.05) is 5.56 Å². The number of nitrogens with one attached hydrogen (secondary N) is 1. The van der Waals surface area contributed by atoms with Gasteiger partial charge in [-0.3, -0.25) is 15.0 Å². The van der Waals surface area contributed by atoms with E-state index in [-0.39, 0.29) is 16.7 Å². The van der Waals surface area contributed by atoms with E-state index in [0.717, 1.165) is 16.8 Å². The summed E-state index contributed by atoms with van der Waals surface area (Å²) in [4.78, 5) is 25.9. The molecule has 168 valence electrons. The maximum Gasteiger partial charge on any atom is 0.285 e. The third kappa shape index (κ3) is 5.24. The first-order chi connectivity index (χ1) is 16.0. The number of benzene rings is 2. The summed E-state index contributed by atoms with van der Waals surface area (Å²) in [6, 6.07) is 14.9. The Morgan fingerprint density at radius 3 is 2.73 bits per heavy atom. The minimum absolute atomic E-state index is 0.0466. The number of hydrogen-bond acceptors (Lipinski definition) is 7. The number of thiophene rings is 1. The van der Waals surface area contributed by atoms with Crippen LogP contribution in [0.2, 0.25) is 0 Å². The zero-order chi connectivity index (χ0) is 23.4. The van der Waals surface area contributed by atoms with Gasteiger partial charge in [-0.05, 0) is 53.5 Å². The van der Waals surface area contributed by atoms with Crippen molar-refractivity contribution in [3.05, 3.63) is 86.7 Å². The molecule has 0 saturated carbocycles. The molecule has 1 aromatic heterocycles. The maximum absolute atomic E-state index is 13.8. The summed E-state index contributed by atoms with van der Waals surface area (Å²) in [5, 5.41) is 2.84. The van der Waals surface area contributed by atoms with E-state index in [2.05, 4.69) is 5.43 Å². The van der Waals surface area contributed by atoms with Crippen molar-refractivity contribution in [3.63, 3.8) is 0 Å². The minimum atomic E-state index is -0.422. The second-order valence-corrected chi connectivity index (χ2v) is 9.35. The third-order valence-electron chi connectivity index (χ3n) is 4.58. The molecular formula is C23H17FN2O4S3. The first-order valence-corrected chi connectivity index (χ1v) is 11.7. The van der Waals surface area contributed by atoms with Crippen LogP contribution in [0.15, 0.2) is 64.9 Å². The van der Waals surface area contributed by atoms with Crippen LogP contribution in [0, 0.1) is 5.82 Å². The average molecular weight is 501 g/mol. The van der Waals surface area contributed by atoms with Crippen molar-refractivity contribution < 1.29 is 23.5 Å². The summed E-state index contributed by atoms with van der Waals surface area (Å²) in [6.45, 7) is 0.0466. The van der Waals surface area contributed by atoms with Crippen LogP contribution in [0.3, 0.4) is 0 Å². The summed E-state index contributed by atoms with van der Waals surface area (Å²) >= 11 is 7.61. The van der Waals surface area contributed by atoms with Crippen molar-refractivity contribution in [2.45, 2.75) is 6.61 Å². The minimum Gasteiger partial charge on any atom is -0.493 e. The largest absolute Gasteiger partial charge is 0.493 e. The Labute approximate surface area is 203 Å². The van der Waals surface area contributed by atoms with Crippen LogP contribution in [-0.2, 0) is 11.4 Å². The van der Waals surface area contributed by atoms with Crippen LogP contribution in [0.25, 0.3) is 6.08 Å². The second kappa shape index (κ2) is 10.2. The van der Waals surface area contributed by atoms with Crippen molar-refractivity contribution in [1.82, 2.24) is 10.4 Å². The summed E-state index contributed by atoms with van der Waals surface area (Å²) in [5.74, 6) is -0.300. The maximum atomic E-state index is 13.8. The molecule has 2 aromatic carbocycles. The predicted octanol–water partition coefficient (Wildman–Crippen LogP) is 5.02. The molecule has 0 unspecified atom stereocenters. The molecule has 1 aliphatic rings. The van der Waals surface area contributed by atoms with Gasteiger partial charge >= 0.3 is 0 Å². The van der Waals surface area contributed by atoms with Crippen molar-refractivity contribution in [1.29, 1.82) is 0 Å². The molecule has 1 saturated heterocycles. The van der Waals surface area contributed by atoms with Crippen LogP contribution >= 0.6 is 35.3 Å². The Morgan fingerprint density at radius 1 is 1.18 bits per heavy atom. The zero-order valence-corrected chi connectivity index (χ0v) is 19.7. The third-order valence-corrected chi connectivity index (χ3v) is 6.75. The average Bonchev–Trinajstić information content (AvgIpc) is 3.44. The molecule has 2 amide bonds. The summed E-state index contributed by atoms with van der Waals surface area (Å²) in [6.07, 6.45) is 1.65. The lowest BCUT2D eigenvalue weighted by Gasteiger charge is -2.14. The van der Waals surface area contributed by atoms with Crippen LogP contribution in [0.1, 0.15) is 20.8 Å². The Morgan fingerprint density at radius 2 is 2.00 bits per heavy atom. The molecule has 0 spiro atoms. The normalized spacial score (nSPS) is 14.6. The molecule has 1 fully saturated rings. The van der Waals surface area contributed by atoms with Gasteiger partial charge in [0.1, 0.15) is 12.4 Å². The number of hydrazine groups is 1. The first-order valence-electron chi connectivity index (χ1n) is 9.63. The van der Waals surface area contributed by atoms with Crippen LogP contribution in [0.4, 0.5) is 4.39 Å². The van der Waals surface area contributed by atoms with E-state index in [1.54, 1.807) is 60.0 Å². The van der Waals surface area contributed by atoms with Crippen LogP contribution in [-0.4, -0.2) is 28.3 Å². The highest BCUT2D eigenvalue weighted by atomic mass is 32.2. The molecule has 6 nitrogen and oxygen atoms in total. The fourth-order valence-electron chi connectivity index (χ4n) is 2.94. The Kier molecular flexibility index (Phi) is 7.07. The molecule has 0 aliphatic carbocycles. The van der Waals surface area contributed by atoms with Crippen LogP contribution in [0.5, 0.6) is 11.5 Å². The van der Waals surface area contributed by atoms with Gasteiger partial charge in [-0.25, -0.2) is 4.39 Å². The number of hydrogen-bond donors (Lipinski definition) is 1. The quantitative estimate of drug-likeness (QED) is 0.363. The lowest BCUT2D eigenvalue weighted by molar-refractivity contribution is -0.123. The summed E-state index contributed by atoms with van der Waals surface area (Å²) < 4.78 is 25.2. The number of methoxy groups -OCH3 is 1. The van der Waals surface area contributed by atoms with Gasteiger partial charge in [0.15, 0.2) is 15.8 Å². The second-order valence-electron chi connectivity index (χ2n) is 6.73. The van der Waals surface area contributed by atoms with E-state index in [1.807, 2.05) is 0 Å². The molecular weight excluding hydrogens is 483 g/mol. The van der Waals surface area contributed by atoms with E-state index >= 15 is 0 Å². The van der Waals surface area contributed by atoms with Crippen molar-refractivity contribution in [2.24, 2.45) is 0 Å². The number of amides is 2. The Hall–Kier alpha value is -3.21. The van der Waals surface area contributed by atoms with Gasteiger partial charge < -0.3 is 9.47 Å². The summed E-state index contributed by atoms with van der Waals surface area (Å²) in [7, 11) is 1.49. The molecule has 1 aliphatic heterocycles. The molecule has 4 rings (SSSR count). The van der Waals surface area contributed by atoms with Gasteiger partial charge in [0.2, 0.25) is 0 Å². The molecule has 2 heterocycles. The molecule has 0 atom stereocenters. The van der Waals surface area contributed by atoms with Crippen molar-refractivity contribution >= 4 is 57.5 Å². The van der Waals surface area contributed by atoms with E-state index in [1.165, 1.54) is 24.5 Å². The number of thioether (sulfide) groups is 1. The summed E-state index contributed by atoms with van der Waals surface area (Å²) in [5.41, 5.74) is 3.65. The Bertz CT molecular complexity index is 1240. The predicted molar refractivity (Wildman–Crippen MR) is 131 cm³/mol. The van der Waals surface area contributed by atoms with Crippen molar-refractivity contribution in [2.75, 3.05) is 7.11 Å². The fourth-order valence-corrected chi connectivity index (χ4v) is 4.74. The number of carbonyl (C=O) groups is 2. The lowest BCUT2D eigenvalue weighted by atomic mass is 10.2. The number of halogens is 1. The van der Waals surface area contributed by atoms with Gasteiger partial charge in [-0.15, -0.1) is 11.3 Å². The SMILES string of the molecule is COc1cc(/C=C2/SC(=S)N(NC(=O)c3cccs3)C2=O)ccc1OCc1ccccc1F. The van der Waals surface area contributed by atoms with Crippen molar-refractivity contribution in [3.8, 4) is 11.5 Å². The molecule has 1 N–H and O–H groups in total. The van der Waals surface area contributed by atoms with Crippen LogP contribution < -0.4 is 14.9 Å². The smallest absolute Gasteiger partial charge is 0.285 e. The highest BCUT2D eigenvalue weighted by Gasteiger charge is 2.34. The molecule has 10 heteroatoms. The standard InChI is InChI=1S/C23H17FN2O4S3/c1-29-18-11-14(8-9-17(18)30-13-15-5-2-3-6-16(15)24)12-20-22(28)26(23(31)33-20)25-21(27)19-7-4-10-32-19/h2-12H,13H2,1H3,(H,25,27)/b20-12+. The van der Waals surface area contributed by atoms with Gasteiger partial charge in [-0.1, -0.05) is 42.1 Å². The molecule has 0 bridgehead atoms. The van der Waals surface area contributed by atoms with E-state index in [4.69, 9.17) is 21.7 Å². The van der Waals surface area contributed by atoms with Gasteiger partial charge in [0.25, 0.3) is 11.8 Å². The monoisotopic (exact) mass is 500 g/mol. The van der Waals surface area contributed by atoms with Gasteiger partial charge in [-0.2, -0.15) is 5.01 Å². The first kappa shape index (κ1) is 23.0. The van der Waals surface area contributed by atoms with E-state index in [9.17, 15) is 14.0 Å². The number of nitrogens with zero attached hydrogens (tertiary/aromatic N) is 1. The molecule has 3 aromatic rings. The van der Waals surface area contributed by atoms with Gasteiger partial charge in [0.05, 0.1) is 16.9 Å². The topological polar surface area (TPSA) is 67.9 Å². The number of carbonyl (C=O) groups excluding carboxylic acids is 2. The lowest BCUT2D eigenvalue weighted by Crippen LogP contribution is -2.44.